The van der Waals surface area contributed by atoms with Crippen molar-refractivity contribution >= 4 is 28.6 Å². The summed E-state index contributed by atoms with van der Waals surface area (Å²) in [6, 6.07) is 5.74. The summed E-state index contributed by atoms with van der Waals surface area (Å²) in [5.41, 5.74) is 1.11. The number of aromatic nitrogens is 2. The van der Waals surface area contributed by atoms with E-state index in [0.29, 0.717) is 30.8 Å². The second-order valence-corrected chi connectivity index (χ2v) is 10.0. The fraction of sp³-hybridized carbons (Fsp3) is 0.409. The zero-order chi connectivity index (χ0) is 22.0. The highest BCUT2D eigenvalue weighted by atomic mass is 32.1. The number of nitrogens with zero attached hydrogens (tertiary/aromatic N) is 4. The summed E-state index contributed by atoms with van der Waals surface area (Å²) >= 11 is 3.31. The molecular weight excluding hydrogens is 432 g/mol. The number of hydrogen-bond acceptors (Lipinski definition) is 7. The number of carbonyl (C=O) groups excluding carboxylic acids is 1. The molecule has 0 saturated carbocycles. The van der Waals surface area contributed by atoms with Crippen LogP contribution >= 0.6 is 22.7 Å². The molecule has 1 amide bonds. The van der Waals surface area contributed by atoms with Gasteiger partial charge in [-0.1, -0.05) is 0 Å². The van der Waals surface area contributed by atoms with Gasteiger partial charge in [0.1, 0.15) is 16.3 Å². The van der Waals surface area contributed by atoms with Crippen LogP contribution in [0.2, 0.25) is 0 Å². The maximum absolute atomic E-state index is 13.4. The van der Waals surface area contributed by atoms with E-state index in [2.05, 4.69) is 28.9 Å². The van der Waals surface area contributed by atoms with Crippen LogP contribution in [0, 0.1) is 6.92 Å². The fourth-order valence-corrected chi connectivity index (χ4v) is 5.53. The molecular formula is C22H26N4O3S2. The van der Waals surface area contributed by atoms with Crippen LogP contribution in [0.15, 0.2) is 34.6 Å². The fourth-order valence-electron chi connectivity index (χ4n) is 3.93. The Morgan fingerprint density at radius 3 is 2.81 bits per heavy atom. The number of pyridine rings is 1. The zero-order valence-corrected chi connectivity index (χ0v) is 19.6. The largest absolute Gasteiger partial charge is 0.496 e. The monoisotopic (exact) mass is 458 g/mol. The summed E-state index contributed by atoms with van der Waals surface area (Å²) < 4.78 is 7.22. The van der Waals surface area contributed by atoms with Crippen molar-refractivity contribution < 1.29 is 9.53 Å². The van der Waals surface area contributed by atoms with Gasteiger partial charge in [0.25, 0.3) is 11.5 Å². The van der Waals surface area contributed by atoms with E-state index in [4.69, 9.17) is 4.74 Å². The van der Waals surface area contributed by atoms with Gasteiger partial charge in [0.15, 0.2) is 0 Å². The average Bonchev–Trinajstić information content (AvgIpc) is 3.36. The van der Waals surface area contributed by atoms with Crippen LogP contribution in [-0.2, 0) is 26.1 Å². The van der Waals surface area contributed by atoms with Crippen LogP contribution in [0.3, 0.4) is 0 Å². The highest BCUT2D eigenvalue weighted by molar-refractivity contribution is 7.11. The number of amides is 1. The van der Waals surface area contributed by atoms with E-state index < -0.39 is 0 Å². The molecule has 4 rings (SSSR count). The molecule has 0 N–H and O–H groups in total. The molecule has 0 atom stereocenters. The smallest absolute Gasteiger partial charge is 0.259 e. The number of methoxy groups -OCH3 is 1. The average molecular weight is 459 g/mol. The number of carbonyl (C=O) groups is 1. The van der Waals surface area contributed by atoms with Gasteiger partial charge in [-0.3, -0.25) is 14.5 Å². The number of aryl methyl sites for hydroxylation is 1. The number of ether oxygens (including phenoxy) is 1. The molecule has 31 heavy (non-hydrogen) atoms. The van der Waals surface area contributed by atoms with Crippen molar-refractivity contribution in [2.45, 2.75) is 33.0 Å². The minimum atomic E-state index is -0.155. The number of fused-ring (bicyclic) bond motifs is 1. The molecule has 0 unspecified atom stereocenters. The van der Waals surface area contributed by atoms with E-state index in [9.17, 15) is 9.59 Å². The van der Waals surface area contributed by atoms with E-state index in [0.717, 1.165) is 30.3 Å². The second kappa shape index (κ2) is 9.33. The molecule has 3 aromatic heterocycles. The Bertz CT molecular complexity index is 1120. The summed E-state index contributed by atoms with van der Waals surface area (Å²) in [5.74, 6) is 0.188. The van der Waals surface area contributed by atoms with Crippen molar-refractivity contribution in [3.63, 3.8) is 0 Å². The topological polar surface area (TPSA) is 67.7 Å². The Morgan fingerprint density at radius 2 is 2.13 bits per heavy atom. The first-order chi connectivity index (χ1) is 15.0. The molecule has 9 heteroatoms. The van der Waals surface area contributed by atoms with Crippen molar-refractivity contribution in [2.75, 3.05) is 27.2 Å². The van der Waals surface area contributed by atoms with E-state index in [1.807, 2.05) is 5.38 Å². The van der Waals surface area contributed by atoms with Crippen LogP contribution in [0.25, 0.3) is 0 Å². The summed E-state index contributed by atoms with van der Waals surface area (Å²) in [7, 11) is 3.26. The van der Waals surface area contributed by atoms with Gasteiger partial charge in [-0.15, -0.1) is 22.7 Å². The Morgan fingerprint density at radius 1 is 1.29 bits per heavy atom. The van der Waals surface area contributed by atoms with Crippen LogP contribution in [-0.4, -0.2) is 52.5 Å². The maximum Gasteiger partial charge on any atom is 0.259 e. The normalized spacial score (nSPS) is 14.2. The van der Waals surface area contributed by atoms with Gasteiger partial charge in [-0.25, -0.2) is 4.98 Å². The summed E-state index contributed by atoms with van der Waals surface area (Å²) in [5, 5.41) is 2.76. The van der Waals surface area contributed by atoms with Gasteiger partial charge < -0.3 is 14.2 Å². The van der Waals surface area contributed by atoms with Crippen molar-refractivity contribution in [1.29, 1.82) is 0 Å². The predicted molar refractivity (Wildman–Crippen MR) is 123 cm³/mol. The molecule has 164 valence electrons. The molecule has 4 heterocycles. The molecule has 0 aromatic carbocycles. The van der Waals surface area contributed by atoms with Gasteiger partial charge in [-0.2, -0.15) is 0 Å². The Labute approximate surface area is 189 Å². The third-order valence-electron chi connectivity index (χ3n) is 5.50. The minimum Gasteiger partial charge on any atom is -0.496 e. The Hall–Kier alpha value is -2.49. The number of hydrogen-bond donors (Lipinski definition) is 0. The lowest BCUT2D eigenvalue weighted by atomic mass is 10.1. The van der Waals surface area contributed by atoms with Gasteiger partial charge >= 0.3 is 0 Å². The lowest BCUT2D eigenvalue weighted by Crippen LogP contribution is -2.32. The lowest BCUT2D eigenvalue weighted by molar-refractivity contribution is 0.0779. The van der Waals surface area contributed by atoms with Gasteiger partial charge in [0, 0.05) is 72.7 Å². The molecule has 0 bridgehead atoms. The third kappa shape index (κ3) is 4.73. The summed E-state index contributed by atoms with van der Waals surface area (Å²) in [6.07, 6.45) is 2.35. The molecule has 0 spiro atoms. The maximum atomic E-state index is 13.4. The zero-order valence-electron chi connectivity index (χ0n) is 18.0. The van der Waals surface area contributed by atoms with Crippen molar-refractivity contribution in [3.8, 4) is 5.75 Å². The molecule has 1 aliphatic heterocycles. The van der Waals surface area contributed by atoms with E-state index in [1.165, 1.54) is 34.3 Å². The number of rotatable bonds is 6. The Balaban J connectivity index is 1.62. The second-order valence-electron chi connectivity index (χ2n) is 7.65. The predicted octanol–water partition coefficient (Wildman–Crippen LogP) is 3.01. The summed E-state index contributed by atoms with van der Waals surface area (Å²) in [4.78, 5) is 37.1. The molecule has 0 aliphatic carbocycles. The Kier molecular flexibility index (Phi) is 6.54. The third-order valence-corrected chi connectivity index (χ3v) is 7.25. The SMILES string of the molecule is COc1cc(=O)n2c(c1C(=O)N(C)Cc1nccs1)CCN(Cc1ccc(C)s1)CC2. The van der Waals surface area contributed by atoms with Crippen molar-refractivity contribution in [1.82, 2.24) is 19.4 Å². The van der Waals surface area contributed by atoms with Crippen molar-refractivity contribution in [3.05, 3.63) is 66.1 Å². The molecule has 0 fully saturated rings. The van der Waals surface area contributed by atoms with E-state index in [1.54, 1.807) is 34.0 Å². The molecule has 3 aromatic rings. The molecule has 0 radical (unpaired) electrons. The van der Waals surface area contributed by atoms with Crippen LogP contribution < -0.4 is 10.3 Å². The van der Waals surface area contributed by atoms with Crippen LogP contribution in [0.1, 0.15) is 30.8 Å². The first kappa shape index (κ1) is 21.7. The van der Waals surface area contributed by atoms with E-state index >= 15 is 0 Å². The molecule has 7 nitrogen and oxygen atoms in total. The van der Waals surface area contributed by atoms with Crippen LogP contribution in [0.4, 0.5) is 0 Å². The quantitative estimate of drug-likeness (QED) is 0.568. The minimum absolute atomic E-state index is 0.125. The first-order valence-electron chi connectivity index (χ1n) is 10.2. The molecule has 0 saturated heterocycles. The summed E-state index contributed by atoms with van der Waals surface area (Å²) in [6.45, 7) is 5.48. The van der Waals surface area contributed by atoms with Gasteiger partial charge in [-0.05, 0) is 19.1 Å². The van der Waals surface area contributed by atoms with Gasteiger partial charge in [0.05, 0.1) is 13.7 Å². The molecule has 1 aliphatic rings. The van der Waals surface area contributed by atoms with E-state index in [-0.39, 0.29) is 11.5 Å². The number of thiophene rings is 1. The highest BCUT2D eigenvalue weighted by Crippen LogP contribution is 2.26. The number of thiazole rings is 1. The standard InChI is InChI=1S/C22H26N4O3S2/c1-15-4-5-16(31-15)13-25-8-6-17-21(18(29-3)12-20(27)26(17)10-9-25)22(28)24(2)14-19-23-7-11-30-19/h4-5,7,11-12H,6,8-10,13-14H2,1-3H3. The lowest BCUT2D eigenvalue weighted by Gasteiger charge is -2.21. The van der Waals surface area contributed by atoms with Gasteiger partial charge in [0.2, 0.25) is 0 Å². The van der Waals surface area contributed by atoms with Crippen molar-refractivity contribution in [2.24, 2.45) is 0 Å². The van der Waals surface area contributed by atoms with Crippen LogP contribution in [0.5, 0.6) is 5.75 Å². The first-order valence-corrected chi connectivity index (χ1v) is 11.9. The highest BCUT2D eigenvalue weighted by Gasteiger charge is 2.27.